The zero-order valence-electron chi connectivity index (χ0n) is 12.1. The van der Waals surface area contributed by atoms with Gasteiger partial charge in [-0.25, -0.2) is 4.79 Å². The minimum absolute atomic E-state index is 0.0585. The fourth-order valence-corrected chi connectivity index (χ4v) is 3.89. The van der Waals surface area contributed by atoms with Gasteiger partial charge in [0.25, 0.3) is 0 Å². The number of nitrogens with zero attached hydrogens (tertiary/aromatic N) is 1. The molecule has 1 aliphatic heterocycles. The summed E-state index contributed by atoms with van der Waals surface area (Å²) in [5, 5.41) is 2.41. The van der Waals surface area contributed by atoms with Gasteiger partial charge in [0.1, 0.15) is 5.41 Å². The molecule has 0 aromatic heterocycles. The zero-order valence-corrected chi connectivity index (χ0v) is 12.1. The first kappa shape index (κ1) is 13.6. The third-order valence-electron chi connectivity index (χ3n) is 5.70. The van der Waals surface area contributed by atoms with E-state index in [4.69, 9.17) is 0 Å². The molecule has 5 heteroatoms. The van der Waals surface area contributed by atoms with E-state index in [0.29, 0.717) is 24.7 Å². The summed E-state index contributed by atoms with van der Waals surface area (Å²) in [5.74, 6) is 0.169. The quantitative estimate of drug-likeness (QED) is 0.747. The van der Waals surface area contributed by atoms with Crippen molar-refractivity contribution in [2.75, 3.05) is 0 Å². The molecule has 2 saturated carbocycles. The number of hydrogen-bond donors (Lipinski definition) is 1. The molecule has 1 spiro atoms. The van der Waals surface area contributed by atoms with Crippen molar-refractivity contribution in [3.05, 3.63) is 0 Å². The Kier molecular flexibility index (Phi) is 3.10. The van der Waals surface area contributed by atoms with E-state index in [1.54, 1.807) is 0 Å². The fourth-order valence-electron chi connectivity index (χ4n) is 3.89. The Bertz CT molecular complexity index is 470. The molecule has 3 atom stereocenters. The number of urea groups is 1. The molecule has 3 unspecified atom stereocenters. The Hall–Kier alpha value is -1.39. The lowest BCUT2D eigenvalue weighted by Gasteiger charge is -2.49. The first-order chi connectivity index (χ1) is 9.47. The SMILES string of the molecule is CC1CCCC(N2C(=O)NC(=O)C3(CCC3)C2=O)C1C. The second-order valence-electron chi connectivity index (χ2n) is 6.70. The van der Waals surface area contributed by atoms with E-state index in [2.05, 4.69) is 19.2 Å². The molecule has 3 aliphatic rings. The van der Waals surface area contributed by atoms with Gasteiger partial charge in [0.2, 0.25) is 11.8 Å². The highest BCUT2D eigenvalue weighted by molar-refractivity contribution is 6.19. The summed E-state index contributed by atoms with van der Waals surface area (Å²) in [7, 11) is 0. The third kappa shape index (κ3) is 1.71. The van der Waals surface area contributed by atoms with E-state index in [0.717, 1.165) is 25.7 Å². The first-order valence-electron chi connectivity index (χ1n) is 7.66. The van der Waals surface area contributed by atoms with Crippen molar-refractivity contribution in [2.45, 2.75) is 58.4 Å². The molecule has 1 heterocycles. The lowest BCUT2D eigenvalue weighted by molar-refractivity contribution is -0.160. The Morgan fingerprint density at radius 1 is 1.10 bits per heavy atom. The van der Waals surface area contributed by atoms with Gasteiger partial charge in [0, 0.05) is 6.04 Å². The number of carbonyl (C=O) groups excluding carboxylic acids is 3. The van der Waals surface area contributed by atoms with Crippen LogP contribution in [0.5, 0.6) is 0 Å². The van der Waals surface area contributed by atoms with Crippen molar-refractivity contribution < 1.29 is 14.4 Å². The highest BCUT2D eigenvalue weighted by atomic mass is 16.2. The van der Waals surface area contributed by atoms with Crippen LogP contribution in [0.2, 0.25) is 0 Å². The molecule has 3 rings (SSSR count). The van der Waals surface area contributed by atoms with Gasteiger partial charge in [-0.15, -0.1) is 0 Å². The molecule has 0 bridgehead atoms. The van der Waals surface area contributed by atoms with E-state index >= 15 is 0 Å². The maximum Gasteiger partial charge on any atom is 0.331 e. The fraction of sp³-hybridized carbons (Fsp3) is 0.800. The number of hydrogen-bond acceptors (Lipinski definition) is 3. The number of carbonyl (C=O) groups is 3. The van der Waals surface area contributed by atoms with Crippen molar-refractivity contribution >= 4 is 17.8 Å². The molecule has 0 radical (unpaired) electrons. The minimum Gasteiger partial charge on any atom is -0.277 e. The molecule has 1 N–H and O–H groups in total. The summed E-state index contributed by atoms with van der Waals surface area (Å²) in [6, 6.07) is -0.569. The van der Waals surface area contributed by atoms with Gasteiger partial charge in [-0.05, 0) is 31.1 Å². The van der Waals surface area contributed by atoms with Gasteiger partial charge < -0.3 is 0 Å². The van der Waals surface area contributed by atoms with Crippen LogP contribution in [-0.4, -0.2) is 28.8 Å². The average molecular weight is 278 g/mol. The number of rotatable bonds is 1. The number of nitrogens with one attached hydrogen (secondary N) is 1. The lowest BCUT2D eigenvalue weighted by Crippen LogP contribution is -2.69. The summed E-state index contributed by atoms with van der Waals surface area (Å²) >= 11 is 0. The van der Waals surface area contributed by atoms with Crippen LogP contribution in [0.3, 0.4) is 0 Å². The number of imide groups is 2. The second-order valence-corrected chi connectivity index (χ2v) is 6.70. The van der Waals surface area contributed by atoms with Crippen molar-refractivity contribution in [3.8, 4) is 0 Å². The van der Waals surface area contributed by atoms with Crippen molar-refractivity contribution in [1.29, 1.82) is 0 Å². The van der Waals surface area contributed by atoms with Crippen LogP contribution in [0, 0.1) is 17.3 Å². The van der Waals surface area contributed by atoms with Crippen LogP contribution in [0.4, 0.5) is 4.79 Å². The van der Waals surface area contributed by atoms with Gasteiger partial charge in [0.05, 0.1) is 0 Å². The molecule has 110 valence electrons. The zero-order chi connectivity index (χ0) is 14.5. The Labute approximate surface area is 119 Å². The molecule has 3 fully saturated rings. The Balaban J connectivity index is 1.89. The van der Waals surface area contributed by atoms with E-state index in [1.807, 2.05) is 0 Å². The Morgan fingerprint density at radius 3 is 2.40 bits per heavy atom. The predicted molar refractivity (Wildman–Crippen MR) is 72.6 cm³/mol. The van der Waals surface area contributed by atoms with Crippen LogP contribution in [0.25, 0.3) is 0 Å². The molecule has 0 aromatic rings. The number of amides is 4. The highest BCUT2D eigenvalue weighted by Gasteiger charge is 2.59. The standard InChI is InChI=1S/C15H22N2O3/c1-9-5-3-6-11(10(9)2)17-13(19)15(7-4-8-15)12(18)16-14(17)20/h9-11H,3-8H2,1-2H3,(H,16,18,20). The molecule has 4 amide bonds. The summed E-state index contributed by atoms with van der Waals surface area (Å²) < 4.78 is 0. The van der Waals surface area contributed by atoms with Crippen LogP contribution < -0.4 is 5.32 Å². The molecule has 1 saturated heterocycles. The van der Waals surface area contributed by atoms with E-state index in [9.17, 15) is 14.4 Å². The smallest absolute Gasteiger partial charge is 0.277 e. The van der Waals surface area contributed by atoms with Crippen molar-refractivity contribution in [1.82, 2.24) is 10.2 Å². The Morgan fingerprint density at radius 2 is 1.80 bits per heavy atom. The summed E-state index contributed by atoms with van der Waals surface area (Å²) in [6.45, 7) is 4.28. The molecule has 5 nitrogen and oxygen atoms in total. The third-order valence-corrected chi connectivity index (χ3v) is 5.70. The van der Waals surface area contributed by atoms with Gasteiger partial charge in [-0.3, -0.25) is 19.8 Å². The van der Waals surface area contributed by atoms with Crippen molar-refractivity contribution in [3.63, 3.8) is 0 Å². The van der Waals surface area contributed by atoms with Crippen LogP contribution in [0.15, 0.2) is 0 Å². The highest BCUT2D eigenvalue weighted by Crippen LogP contribution is 2.46. The molecule has 2 aliphatic carbocycles. The van der Waals surface area contributed by atoms with Crippen molar-refractivity contribution in [2.24, 2.45) is 17.3 Å². The summed E-state index contributed by atoms with van der Waals surface area (Å²) in [6.07, 6.45) is 5.09. The van der Waals surface area contributed by atoms with Gasteiger partial charge >= 0.3 is 6.03 Å². The largest absolute Gasteiger partial charge is 0.331 e. The van der Waals surface area contributed by atoms with Crippen LogP contribution >= 0.6 is 0 Å². The normalized spacial score (nSPS) is 36.8. The topological polar surface area (TPSA) is 66.5 Å². The van der Waals surface area contributed by atoms with Crippen LogP contribution in [0.1, 0.15) is 52.4 Å². The molecule has 0 aromatic carbocycles. The molecular weight excluding hydrogens is 256 g/mol. The maximum absolute atomic E-state index is 12.7. The van der Waals surface area contributed by atoms with Gasteiger partial charge in [-0.2, -0.15) is 0 Å². The lowest BCUT2D eigenvalue weighted by atomic mass is 9.65. The van der Waals surface area contributed by atoms with Gasteiger partial charge in [-0.1, -0.05) is 33.1 Å². The summed E-state index contributed by atoms with van der Waals surface area (Å²) in [4.78, 5) is 38.3. The van der Waals surface area contributed by atoms with Gasteiger partial charge in [0.15, 0.2) is 0 Å². The average Bonchev–Trinajstić information content (AvgIpc) is 2.32. The first-order valence-corrected chi connectivity index (χ1v) is 7.66. The second kappa shape index (κ2) is 4.57. The molecular formula is C15H22N2O3. The summed E-state index contributed by atoms with van der Waals surface area (Å²) in [5.41, 5.74) is -0.936. The maximum atomic E-state index is 12.7. The molecule has 20 heavy (non-hydrogen) atoms. The number of barbiturate groups is 1. The van der Waals surface area contributed by atoms with E-state index in [1.165, 1.54) is 4.90 Å². The minimum atomic E-state index is -0.936. The predicted octanol–water partition coefficient (Wildman–Crippen LogP) is 2.06. The van der Waals surface area contributed by atoms with Crippen LogP contribution in [-0.2, 0) is 9.59 Å². The van der Waals surface area contributed by atoms with E-state index in [-0.39, 0.29) is 17.9 Å². The van der Waals surface area contributed by atoms with E-state index < -0.39 is 11.4 Å². The monoisotopic (exact) mass is 278 g/mol.